The van der Waals surface area contributed by atoms with Crippen LogP contribution in [0.5, 0.6) is 0 Å². The molecule has 2 N–H and O–H groups in total. The lowest BCUT2D eigenvalue weighted by molar-refractivity contribution is 0.232. The molecule has 1 aromatic carbocycles. The van der Waals surface area contributed by atoms with Crippen LogP contribution < -0.4 is 10.6 Å². The monoisotopic (exact) mass is 341 g/mol. The molecule has 1 aliphatic heterocycles. The van der Waals surface area contributed by atoms with Gasteiger partial charge in [0, 0.05) is 17.8 Å². The number of carbonyl (C=O) groups excluding carboxylic acids is 1. The highest BCUT2D eigenvalue weighted by atomic mass is 32.1. The highest BCUT2D eigenvalue weighted by molar-refractivity contribution is 7.17. The van der Waals surface area contributed by atoms with Gasteiger partial charge in [-0.1, -0.05) is 18.2 Å². The number of nitrogens with one attached hydrogen (secondary N) is 2. The van der Waals surface area contributed by atoms with Gasteiger partial charge in [0.2, 0.25) is 0 Å². The summed E-state index contributed by atoms with van der Waals surface area (Å²) >= 11 is 1.70. The van der Waals surface area contributed by atoms with Crippen LogP contribution >= 0.6 is 11.3 Å². The van der Waals surface area contributed by atoms with Crippen LogP contribution in [0.15, 0.2) is 29.6 Å². The normalized spacial score (nSPS) is 16.8. The van der Waals surface area contributed by atoms with Crippen molar-refractivity contribution in [2.75, 3.05) is 0 Å². The minimum atomic E-state index is -0.163. The third kappa shape index (κ3) is 2.87. The summed E-state index contributed by atoms with van der Waals surface area (Å²) in [5.74, 6) is 1.61. The van der Waals surface area contributed by atoms with Gasteiger partial charge in [-0.05, 0) is 42.2 Å². The van der Waals surface area contributed by atoms with Gasteiger partial charge < -0.3 is 10.6 Å². The predicted molar refractivity (Wildman–Crippen MR) is 93.9 cm³/mol. The molecule has 124 valence electrons. The molecule has 1 unspecified atom stereocenters. The molecule has 0 spiro atoms. The van der Waals surface area contributed by atoms with E-state index in [1.54, 1.807) is 11.3 Å². The van der Waals surface area contributed by atoms with Crippen LogP contribution in [0.3, 0.4) is 0 Å². The molecule has 3 aromatic rings. The van der Waals surface area contributed by atoms with E-state index in [1.165, 1.54) is 10.1 Å². The molecule has 0 bridgehead atoms. The van der Waals surface area contributed by atoms with Gasteiger partial charge in [-0.15, -0.1) is 11.3 Å². The third-order valence-corrected chi connectivity index (χ3v) is 5.30. The summed E-state index contributed by atoms with van der Waals surface area (Å²) < 4.78 is 3.14. The van der Waals surface area contributed by atoms with Crippen molar-refractivity contribution in [3.63, 3.8) is 0 Å². The van der Waals surface area contributed by atoms with Crippen molar-refractivity contribution in [1.82, 2.24) is 25.4 Å². The lowest BCUT2D eigenvalue weighted by Gasteiger charge is -2.23. The Kier molecular flexibility index (Phi) is 3.93. The Morgan fingerprint density at radius 2 is 2.29 bits per heavy atom. The van der Waals surface area contributed by atoms with Crippen LogP contribution in [0.2, 0.25) is 0 Å². The highest BCUT2D eigenvalue weighted by Crippen LogP contribution is 2.26. The summed E-state index contributed by atoms with van der Waals surface area (Å²) in [5, 5.41) is 13.7. The molecule has 1 atom stereocenters. The lowest BCUT2D eigenvalue weighted by Crippen LogP contribution is -2.39. The van der Waals surface area contributed by atoms with Crippen molar-refractivity contribution < 1.29 is 4.79 Å². The number of hydrogen-bond acceptors (Lipinski definition) is 4. The number of benzene rings is 1. The van der Waals surface area contributed by atoms with E-state index in [0.29, 0.717) is 6.54 Å². The average molecular weight is 341 g/mol. The molecular formula is C17H19N5OS. The van der Waals surface area contributed by atoms with E-state index in [4.69, 9.17) is 0 Å². The van der Waals surface area contributed by atoms with Gasteiger partial charge in [-0.25, -0.2) is 14.5 Å². The number of fused-ring (bicyclic) bond motifs is 2. The van der Waals surface area contributed by atoms with E-state index in [-0.39, 0.29) is 12.1 Å². The van der Waals surface area contributed by atoms with Gasteiger partial charge in [0.15, 0.2) is 0 Å². The Morgan fingerprint density at radius 3 is 3.21 bits per heavy atom. The van der Waals surface area contributed by atoms with Crippen molar-refractivity contribution in [3.05, 3.63) is 46.9 Å². The fourth-order valence-corrected chi connectivity index (χ4v) is 4.12. The van der Waals surface area contributed by atoms with Crippen molar-refractivity contribution in [2.24, 2.45) is 0 Å². The van der Waals surface area contributed by atoms with Crippen LogP contribution in [-0.2, 0) is 13.1 Å². The van der Waals surface area contributed by atoms with Gasteiger partial charge in [0.1, 0.15) is 11.6 Å². The first kappa shape index (κ1) is 15.1. The molecule has 2 amide bonds. The zero-order chi connectivity index (χ0) is 16.5. The zero-order valence-electron chi connectivity index (χ0n) is 13.5. The van der Waals surface area contributed by atoms with Crippen LogP contribution in [0.1, 0.15) is 36.1 Å². The minimum Gasteiger partial charge on any atom is -0.334 e. The second-order valence-corrected chi connectivity index (χ2v) is 6.93. The Bertz CT molecular complexity index is 884. The van der Waals surface area contributed by atoms with Crippen molar-refractivity contribution >= 4 is 27.5 Å². The molecule has 7 heteroatoms. The number of amides is 2. The number of hydrogen-bond donors (Lipinski definition) is 2. The van der Waals surface area contributed by atoms with Crippen LogP contribution in [-0.4, -0.2) is 20.8 Å². The number of thiophene rings is 1. The van der Waals surface area contributed by atoms with E-state index in [1.807, 2.05) is 23.7 Å². The van der Waals surface area contributed by atoms with E-state index >= 15 is 0 Å². The fraction of sp³-hybridized carbons (Fsp3) is 0.353. The van der Waals surface area contributed by atoms with Gasteiger partial charge in [-0.2, -0.15) is 5.10 Å². The molecule has 0 radical (unpaired) electrons. The summed E-state index contributed by atoms with van der Waals surface area (Å²) in [7, 11) is 0. The number of urea groups is 1. The van der Waals surface area contributed by atoms with Crippen molar-refractivity contribution in [3.8, 4) is 0 Å². The number of aryl methyl sites for hydroxylation is 2. The smallest absolute Gasteiger partial charge is 0.315 e. The van der Waals surface area contributed by atoms with Crippen LogP contribution in [0.25, 0.3) is 10.1 Å². The standard InChI is InChI=1S/C17H19N5OS/c1-11-19-16-14(6-4-8-22(16)21-11)20-17(23)18-9-12-10-24-15-7-3-2-5-13(12)15/h2-3,5,7,10,14H,4,6,8-9H2,1H3,(H2,18,20,23). The SMILES string of the molecule is Cc1nc2n(n1)CCCC2NC(=O)NCc1csc2ccccc12. The van der Waals surface area contributed by atoms with E-state index in [2.05, 4.69) is 38.2 Å². The summed E-state index contributed by atoms with van der Waals surface area (Å²) in [4.78, 5) is 16.7. The summed E-state index contributed by atoms with van der Waals surface area (Å²) in [5.41, 5.74) is 1.15. The molecule has 1 aliphatic rings. The van der Waals surface area contributed by atoms with Gasteiger partial charge >= 0.3 is 6.03 Å². The molecule has 0 saturated heterocycles. The van der Waals surface area contributed by atoms with E-state index in [0.717, 1.165) is 36.6 Å². The number of rotatable bonds is 3. The number of carbonyl (C=O) groups is 1. The molecular weight excluding hydrogens is 322 g/mol. The second-order valence-electron chi connectivity index (χ2n) is 6.02. The fourth-order valence-electron chi connectivity index (χ4n) is 3.16. The summed E-state index contributed by atoms with van der Waals surface area (Å²) in [6.07, 6.45) is 1.89. The second kappa shape index (κ2) is 6.24. The molecule has 0 aliphatic carbocycles. The summed E-state index contributed by atoms with van der Waals surface area (Å²) in [6, 6.07) is 8.01. The zero-order valence-corrected chi connectivity index (χ0v) is 14.3. The average Bonchev–Trinajstić information content (AvgIpc) is 3.16. The minimum absolute atomic E-state index is 0.0702. The van der Waals surface area contributed by atoms with Crippen LogP contribution in [0.4, 0.5) is 4.79 Å². The van der Waals surface area contributed by atoms with Gasteiger partial charge in [-0.3, -0.25) is 0 Å². The number of aromatic nitrogens is 3. The van der Waals surface area contributed by atoms with E-state index < -0.39 is 0 Å². The molecule has 0 saturated carbocycles. The molecule has 24 heavy (non-hydrogen) atoms. The maximum absolute atomic E-state index is 12.3. The van der Waals surface area contributed by atoms with Crippen molar-refractivity contribution in [1.29, 1.82) is 0 Å². The molecule has 3 heterocycles. The van der Waals surface area contributed by atoms with E-state index in [9.17, 15) is 4.79 Å². The Balaban J connectivity index is 1.41. The Labute approximate surface area is 143 Å². The van der Waals surface area contributed by atoms with Crippen LogP contribution in [0, 0.1) is 6.92 Å². The first-order valence-corrected chi connectivity index (χ1v) is 8.99. The predicted octanol–water partition coefficient (Wildman–Crippen LogP) is 3.14. The van der Waals surface area contributed by atoms with Gasteiger partial charge in [0.25, 0.3) is 0 Å². The number of nitrogens with zero attached hydrogens (tertiary/aromatic N) is 3. The Morgan fingerprint density at radius 1 is 1.42 bits per heavy atom. The summed E-state index contributed by atoms with van der Waals surface area (Å²) in [6.45, 7) is 3.27. The van der Waals surface area contributed by atoms with Crippen molar-refractivity contribution in [2.45, 2.75) is 38.9 Å². The highest BCUT2D eigenvalue weighted by Gasteiger charge is 2.24. The third-order valence-electron chi connectivity index (χ3n) is 4.29. The molecule has 4 rings (SSSR count). The lowest BCUT2D eigenvalue weighted by atomic mass is 10.1. The van der Waals surface area contributed by atoms with Gasteiger partial charge in [0.05, 0.1) is 6.04 Å². The first-order chi connectivity index (χ1) is 11.7. The first-order valence-electron chi connectivity index (χ1n) is 8.11. The maximum Gasteiger partial charge on any atom is 0.315 e. The largest absolute Gasteiger partial charge is 0.334 e. The Hall–Kier alpha value is -2.41. The molecule has 2 aromatic heterocycles. The topological polar surface area (TPSA) is 71.8 Å². The molecule has 0 fully saturated rings. The maximum atomic E-state index is 12.3. The molecule has 6 nitrogen and oxygen atoms in total. The quantitative estimate of drug-likeness (QED) is 0.769.